The molecule has 0 aliphatic heterocycles. The number of nitrogens with zero attached hydrogens (tertiary/aromatic N) is 1. The fourth-order valence-electron chi connectivity index (χ4n) is 2.95. The van der Waals surface area contributed by atoms with E-state index in [0.29, 0.717) is 5.75 Å². The lowest BCUT2D eigenvalue weighted by molar-refractivity contribution is 0.0692. The van der Waals surface area contributed by atoms with Crippen LogP contribution in [0.4, 0.5) is 0 Å². The first-order valence-corrected chi connectivity index (χ1v) is 10.3. The molecule has 3 rings (SSSR count). The Morgan fingerprint density at radius 3 is 2.00 bits per heavy atom. The largest absolute Gasteiger partial charge is 0.497 e. The highest BCUT2D eigenvalue weighted by Gasteiger charge is 2.29. The van der Waals surface area contributed by atoms with Crippen LogP contribution in [-0.4, -0.2) is 30.9 Å². The average Bonchev–Trinajstić information content (AvgIpc) is 2.74. The van der Waals surface area contributed by atoms with Crippen molar-refractivity contribution in [3.8, 4) is 5.75 Å². The average molecular weight is 411 g/mol. The Bertz CT molecular complexity index is 1080. The van der Waals surface area contributed by atoms with Crippen LogP contribution in [0.25, 0.3) is 0 Å². The van der Waals surface area contributed by atoms with Gasteiger partial charge in [-0.1, -0.05) is 54.6 Å². The number of carboxylic acids is 1. The number of methoxy groups -OCH3 is 1. The Labute approximate surface area is 170 Å². The molecular weight excluding hydrogens is 390 g/mol. The van der Waals surface area contributed by atoms with Crippen molar-refractivity contribution in [3.63, 3.8) is 0 Å². The molecule has 150 valence electrons. The van der Waals surface area contributed by atoms with Crippen molar-refractivity contribution in [2.75, 3.05) is 7.11 Å². The maximum Gasteiger partial charge on any atom is 0.337 e. The van der Waals surface area contributed by atoms with Gasteiger partial charge in [-0.15, -0.1) is 0 Å². The highest BCUT2D eigenvalue weighted by Crippen LogP contribution is 2.25. The number of rotatable bonds is 8. The van der Waals surface area contributed by atoms with E-state index in [2.05, 4.69) is 0 Å². The third-order valence-corrected chi connectivity index (χ3v) is 6.30. The molecule has 0 aliphatic carbocycles. The molecule has 29 heavy (non-hydrogen) atoms. The standard InChI is InChI=1S/C22H21NO5S/c1-28-19-13-11-18(12-14-19)16-23(15-17-7-3-2-4-8-17)29(26,27)21-10-6-5-9-20(21)22(24)25/h2-14H,15-16H2,1H3,(H,24,25). The second-order valence-corrected chi connectivity index (χ2v) is 8.31. The predicted octanol–water partition coefficient (Wildman–Crippen LogP) is 3.78. The number of carboxylic acid groups (broad SMARTS) is 1. The lowest BCUT2D eigenvalue weighted by atomic mass is 10.2. The van der Waals surface area contributed by atoms with Gasteiger partial charge < -0.3 is 9.84 Å². The molecule has 0 saturated carbocycles. The Kier molecular flexibility index (Phi) is 6.31. The van der Waals surface area contributed by atoms with Gasteiger partial charge >= 0.3 is 5.97 Å². The summed E-state index contributed by atoms with van der Waals surface area (Å²) in [5, 5.41) is 9.45. The molecule has 3 aromatic carbocycles. The van der Waals surface area contributed by atoms with Gasteiger partial charge in [0.05, 0.1) is 17.6 Å². The number of benzene rings is 3. The lowest BCUT2D eigenvalue weighted by Gasteiger charge is -2.23. The van der Waals surface area contributed by atoms with Crippen molar-refractivity contribution in [3.05, 3.63) is 95.6 Å². The molecule has 0 fully saturated rings. The zero-order valence-electron chi connectivity index (χ0n) is 15.9. The molecule has 0 aliphatic rings. The molecule has 0 bridgehead atoms. The summed E-state index contributed by atoms with van der Waals surface area (Å²) in [5.41, 5.74) is 1.32. The van der Waals surface area contributed by atoms with Gasteiger partial charge in [-0.25, -0.2) is 13.2 Å². The lowest BCUT2D eigenvalue weighted by Crippen LogP contribution is -2.31. The van der Waals surface area contributed by atoms with Crippen LogP contribution in [0.1, 0.15) is 21.5 Å². The fraction of sp³-hybridized carbons (Fsp3) is 0.136. The minimum atomic E-state index is -4.07. The minimum absolute atomic E-state index is 0.0924. The number of sulfonamides is 1. The summed E-state index contributed by atoms with van der Waals surface area (Å²) >= 11 is 0. The fourth-order valence-corrected chi connectivity index (χ4v) is 4.55. The highest BCUT2D eigenvalue weighted by molar-refractivity contribution is 7.89. The summed E-state index contributed by atoms with van der Waals surface area (Å²) in [7, 11) is -2.51. The maximum atomic E-state index is 13.4. The summed E-state index contributed by atoms with van der Waals surface area (Å²) in [6.07, 6.45) is 0. The third-order valence-electron chi connectivity index (χ3n) is 4.46. The Hall–Kier alpha value is -3.16. The van der Waals surface area contributed by atoms with Gasteiger partial charge in [0.25, 0.3) is 0 Å². The number of hydrogen-bond acceptors (Lipinski definition) is 4. The second-order valence-electron chi connectivity index (χ2n) is 6.41. The SMILES string of the molecule is COc1ccc(CN(Cc2ccccc2)S(=O)(=O)c2ccccc2C(=O)O)cc1. The van der Waals surface area contributed by atoms with Crippen molar-refractivity contribution in [2.45, 2.75) is 18.0 Å². The number of carbonyl (C=O) groups is 1. The van der Waals surface area contributed by atoms with E-state index in [1.807, 2.05) is 30.3 Å². The van der Waals surface area contributed by atoms with Crippen LogP contribution < -0.4 is 4.74 Å². The van der Waals surface area contributed by atoms with Crippen LogP contribution in [-0.2, 0) is 23.1 Å². The Morgan fingerprint density at radius 1 is 0.862 bits per heavy atom. The first-order chi connectivity index (χ1) is 13.9. The molecule has 0 unspecified atom stereocenters. The molecule has 6 nitrogen and oxygen atoms in total. The summed E-state index contributed by atoms with van der Waals surface area (Å²) in [6.45, 7) is 0.207. The smallest absolute Gasteiger partial charge is 0.337 e. The highest BCUT2D eigenvalue weighted by atomic mass is 32.2. The predicted molar refractivity (Wildman–Crippen MR) is 109 cm³/mol. The Balaban J connectivity index is 2.02. The van der Waals surface area contributed by atoms with Crippen molar-refractivity contribution in [1.82, 2.24) is 4.31 Å². The zero-order chi connectivity index (χ0) is 20.9. The van der Waals surface area contributed by atoms with E-state index >= 15 is 0 Å². The summed E-state index contributed by atoms with van der Waals surface area (Å²) in [6, 6.07) is 21.9. The van der Waals surface area contributed by atoms with Crippen LogP contribution in [0.15, 0.2) is 83.8 Å². The molecule has 0 heterocycles. The summed E-state index contributed by atoms with van der Waals surface area (Å²) in [5.74, 6) is -0.615. The van der Waals surface area contributed by atoms with Crippen LogP contribution in [0.2, 0.25) is 0 Å². The molecule has 0 amide bonds. The normalized spacial score (nSPS) is 11.4. The van der Waals surface area contributed by atoms with Crippen LogP contribution in [0, 0.1) is 0 Å². The van der Waals surface area contributed by atoms with Gasteiger partial charge in [-0.2, -0.15) is 4.31 Å². The van der Waals surface area contributed by atoms with Gasteiger partial charge in [-0.05, 0) is 35.4 Å². The Morgan fingerprint density at radius 2 is 1.41 bits per heavy atom. The van der Waals surface area contributed by atoms with Crippen LogP contribution in [0.3, 0.4) is 0 Å². The number of aromatic carboxylic acids is 1. The van der Waals surface area contributed by atoms with E-state index in [9.17, 15) is 18.3 Å². The molecule has 3 aromatic rings. The van der Waals surface area contributed by atoms with E-state index in [0.717, 1.165) is 11.1 Å². The second kappa shape index (κ2) is 8.89. The molecule has 0 spiro atoms. The number of hydrogen-bond donors (Lipinski definition) is 1. The van der Waals surface area contributed by atoms with Crippen LogP contribution >= 0.6 is 0 Å². The van der Waals surface area contributed by atoms with E-state index in [4.69, 9.17) is 4.74 Å². The first kappa shape index (κ1) is 20.6. The van der Waals surface area contributed by atoms with E-state index in [1.165, 1.54) is 28.6 Å². The summed E-state index contributed by atoms with van der Waals surface area (Å²) in [4.78, 5) is 11.4. The molecule has 0 aromatic heterocycles. The molecule has 0 saturated heterocycles. The minimum Gasteiger partial charge on any atom is -0.497 e. The van der Waals surface area contributed by atoms with Crippen LogP contribution in [0.5, 0.6) is 5.75 Å². The molecule has 7 heteroatoms. The van der Waals surface area contributed by atoms with Crippen molar-refractivity contribution >= 4 is 16.0 Å². The number of ether oxygens (including phenoxy) is 1. The zero-order valence-corrected chi connectivity index (χ0v) is 16.7. The topological polar surface area (TPSA) is 83.9 Å². The van der Waals surface area contributed by atoms with Crippen molar-refractivity contribution < 1.29 is 23.1 Å². The molecule has 1 N–H and O–H groups in total. The maximum absolute atomic E-state index is 13.4. The van der Waals surface area contributed by atoms with Gasteiger partial charge in [0, 0.05) is 13.1 Å². The van der Waals surface area contributed by atoms with Crippen molar-refractivity contribution in [2.24, 2.45) is 0 Å². The summed E-state index contributed by atoms with van der Waals surface area (Å²) < 4.78 is 33.3. The van der Waals surface area contributed by atoms with Crippen molar-refractivity contribution in [1.29, 1.82) is 0 Å². The quantitative estimate of drug-likeness (QED) is 0.610. The van der Waals surface area contributed by atoms with E-state index < -0.39 is 16.0 Å². The third kappa shape index (κ3) is 4.82. The van der Waals surface area contributed by atoms with Gasteiger partial charge in [0.1, 0.15) is 5.75 Å². The van der Waals surface area contributed by atoms with Gasteiger partial charge in [0.15, 0.2) is 0 Å². The van der Waals surface area contributed by atoms with E-state index in [1.54, 1.807) is 31.4 Å². The molecule has 0 atom stereocenters. The molecular formula is C22H21NO5S. The van der Waals surface area contributed by atoms with Gasteiger partial charge in [-0.3, -0.25) is 0 Å². The molecule has 0 radical (unpaired) electrons. The first-order valence-electron chi connectivity index (χ1n) is 8.91. The van der Waals surface area contributed by atoms with E-state index in [-0.39, 0.29) is 23.5 Å². The monoisotopic (exact) mass is 411 g/mol. The van der Waals surface area contributed by atoms with Gasteiger partial charge in [0.2, 0.25) is 10.0 Å².